The molecule has 0 radical (unpaired) electrons. The van der Waals surface area contributed by atoms with Gasteiger partial charge in [0.2, 0.25) is 0 Å². The van der Waals surface area contributed by atoms with E-state index in [0.717, 1.165) is 37.1 Å². The Kier molecular flexibility index (Phi) is 6.00. The summed E-state index contributed by atoms with van der Waals surface area (Å²) in [4.78, 5) is 0. The highest BCUT2D eigenvalue weighted by molar-refractivity contribution is 5.66. The first kappa shape index (κ1) is 20.7. The molecule has 2 aromatic carbocycles. The number of rotatable bonds is 5. The van der Waals surface area contributed by atoms with Crippen molar-refractivity contribution >= 4 is 0 Å². The van der Waals surface area contributed by atoms with Gasteiger partial charge in [0, 0.05) is 19.7 Å². The molecule has 2 aromatic rings. The number of alkyl halides is 6. The molecule has 0 aromatic heterocycles. The molecule has 1 saturated heterocycles. The molecule has 1 unspecified atom stereocenters. The van der Waals surface area contributed by atoms with Gasteiger partial charge in [-0.1, -0.05) is 18.2 Å². The van der Waals surface area contributed by atoms with Gasteiger partial charge < -0.3 is 10.1 Å². The molecule has 1 fully saturated rings. The Morgan fingerprint density at radius 3 is 2.14 bits per heavy atom. The maximum absolute atomic E-state index is 13.1. The monoisotopic (exact) mass is 403 g/mol. The third-order valence-electron chi connectivity index (χ3n) is 4.57. The van der Waals surface area contributed by atoms with E-state index in [-0.39, 0.29) is 17.7 Å². The summed E-state index contributed by atoms with van der Waals surface area (Å²) in [5.41, 5.74) is -1.70. The number of nitrogens with one attached hydrogen (secondary N) is 1. The lowest BCUT2D eigenvalue weighted by atomic mass is 9.98. The van der Waals surface area contributed by atoms with Crippen LogP contribution in [0.2, 0.25) is 0 Å². The van der Waals surface area contributed by atoms with Crippen LogP contribution in [0.1, 0.15) is 29.5 Å². The summed E-state index contributed by atoms with van der Waals surface area (Å²) >= 11 is 0. The summed E-state index contributed by atoms with van der Waals surface area (Å²) in [6, 6.07) is 8.10. The minimum Gasteiger partial charge on any atom is -0.377 e. The minimum atomic E-state index is -4.86. The van der Waals surface area contributed by atoms with E-state index in [1.54, 1.807) is 18.2 Å². The molecule has 0 saturated carbocycles. The minimum absolute atomic E-state index is 0.122. The van der Waals surface area contributed by atoms with E-state index in [2.05, 4.69) is 5.32 Å². The maximum Gasteiger partial charge on any atom is 0.416 e. The quantitative estimate of drug-likeness (QED) is 0.651. The third-order valence-corrected chi connectivity index (χ3v) is 4.57. The van der Waals surface area contributed by atoms with Gasteiger partial charge in [0.05, 0.1) is 17.2 Å². The van der Waals surface area contributed by atoms with Crippen molar-refractivity contribution in [3.8, 4) is 11.1 Å². The molecular formula is C20H19F6NO. The first-order valence-corrected chi connectivity index (χ1v) is 8.84. The van der Waals surface area contributed by atoms with Crippen LogP contribution < -0.4 is 5.32 Å². The molecule has 8 heteroatoms. The first-order valence-electron chi connectivity index (χ1n) is 8.84. The predicted octanol–water partition coefficient (Wildman–Crippen LogP) is 5.66. The highest BCUT2D eigenvalue weighted by atomic mass is 19.4. The van der Waals surface area contributed by atoms with Gasteiger partial charge >= 0.3 is 12.4 Å². The summed E-state index contributed by atoms with van der Waals surface area (Å²) in [6.45, 7) is 1.82. The van der Waals surface area contributed by atoms with Crippen LogP contribution in [-0.2, 0) is 23.6 Å². The number of benzene rings is 2. The van der Waals surface area contributed by atoms with Gasteiger partial charge in [-0.05, 0) is 53.8 Å². The summed E-state index contributed by atoms with van der Waals surface area (Å²) < 4.78 is 83.8. The second-order valence-electron chi connectivity index (χ2n) is 6.76. The van der Waals surface area contributed by atoms with E-state index >= 15 is 0 Å². The summed E-state index contributed by atoms with van der Waals surface area (Å²) in [7, 11) is 0. The Hall–Kier alpha value is -2.06. The average Bonchev–Trinajstić information content (AvgIpc) is 3.14. The van der Waals surface area contributed by atoms with Crippen LogP contribution in [0, 0.1) is 0 Å². The van der Waals surface area contributed by atoms with Crippen LogP contribution in [0.4, 0.5) is 26.3 Å². The molecule has 0 aliphatic carbocycles. The Balaban J connectivity index is 1.83. The Bertz CT molecular complexity index is 777. The third kappa shape index (κ3) is 5.26. The molecule has 1 heterocycles. The molecule has 1 N–H and O–H groups in total. The summed E-state index contributed by atoms with van der Waals surface area (Å²) in [5, 5.41) is 3.21. The van der Waals surface area contributed by atoms with Crippen LogP contribution in [0.5, 0.6) is 0 Å². The van der Waals surface area contributed by atoms with E-state index in [1.165, 1.54) is 6.07 Å². The second kappa shape index (κ2) is 8.13. The fourth-order valence-corrected chi connectivity index (χ4v) is 3.17. The van der Waals surface area contributed by atoms with Crippen molar-refractivity contribution in [2.45, 2.75) is 37.8 Å². The summed E-state index contributed by atoms with van der Waals surface area (Å²) in [5.74, 6) is 0. The van der Waals surface area contributed by atoms with Crippen molar-refractivity contribution in [1.29, 1.82) is 0 Å². The number of hydrogen-bond acceptors (Lipinski definition) is 2. The molecule has 1 atom stereocenters. The van der Waals surface area contributed by atoms with E-state index in [1.807, 2.05) is 0 Å². The van der Waals surface area contributed by atoms with Gasteiger partial charge in [0.1, 0.15) is 0 Å². The molecule has 0 amide bonds. The van der Waals surface area contributed by atoms with Gasteiger partial charge in [0.15, 0.2) is 0 Å². The first-order chi connectivity index (χ1) is 13.1. The molecule has 2 nitrogen and oxygen atoms in total. The van der Waals surface area contributed by atoms with E-state index in [9.17, 15) is 26.3 Å². The van der Waals surface area contributed by atoms with E-state index < -0.39 is 23.5 Å². The largest absolute Gasteiger partial charge is 0.416 e. The molecule has 3 rings (SSSR count). The van der Waals surface area contributed by atoms with E-state index in [4.69, 9.17) is 4.74 Å². The van der Waals surface area contributed by atoms with Crippen molar-refractivity contribution in [3.05, 3.63) is 59.2 Å². The van der Waals surface area contributed by atoms with Crippen molar-refractivity contribution in [1.82, 2.24) is 5.32 Å². The molecule has 0 bridgehead atoms. The molecular weight excluding hydrogens is 384 g/mol. The van der Waals surface area contributed by atoms with Gasteiger partial charge in [-0.3, -0.25) is 0 Å². The van der Waals surface area contributed by atoms with Crippen molar-refractivity contribution < 1.29 is 31.1 Å². The predicted molar refractivity (Wildman–Crippen MR) is 92.6 cm³/mol. The Labute approximate surface area is 158 Å². The molecule has 28 heavy (non-hydrogen) atoms. The SMILES string of the molecule is FC(F)(F)c1cc(-c2cccc(CNCC3CCCO3)c2)cc(C(F)(F)F)c1. The van der Waals surface area contributed by atoms with Crippen molar-refractivity contribution in [3.63, 3.8) is 0 Å². The highest BCUT2D eigenvalue weighted by Crippen LogP contribution is 2.38. The molecule has 1 aliphatic rings. The van der Waals surface area contributed by atoms with Gasteiger partial charge in [-0.25, -0.2) is 0 Å². The normalized spacial score (nSPS) is 17.9. The maximum atomic E-state index is 13.1. The lowest BCUT2D eigenvalue weighted by Gasteiger charge is -2.15. The number of ether oxygens (including phenoxy) is 1. The van der Waals surface area contributed by atoms with Crippen molar-refractivity contribution in [2.75, 3.05) is 13.2 Å². The van der Waals surface area contributed by atoms with Crippen LogP contribution in [0.25, 0.3) is 11.1 Å². The standard InChI is InChI=1S/C20H19F6NO/c21-19(22,23)16-8-15(9-17(10-16)20(24,25)26)14-4-1-3-13(7-14)11-27-12-18-5-2-6-28-18/h1,3-4,7-10,18,27H,2,5-6,11-12H2. The zero-order valence-electron chi connectivity index (χ0n) is 14.8. The smallest absolute Gasteiger partial charge is 0.377 e. The lowest BCUT2D eigenvalue weighted by Crippen LogP contribution is -2.25. The second-order valence-corrected chi connectivity index (χ2v) is 6.76. The molecule has 0 spiro atoms. The van der Waals surface area contributed by atoms with Crippen LogP contribution in [0.3, 0.4) is 0 Å². The Morgan fingerprint density at radius 1 is 0.893 bits per heavy atom. The fourth-order valence-electron chi connectivity index (χ4n) is 3.17. The van der Waals surface area contributed by atoms with Gasteiger partial charge in [0.25, 0.3) is 0 Å². The van der Waals surface area contributed by atoms with E-state index in [0.29, 0.717) is 18.7 Å². The number of halogens is 6. The van der Waals surface area contributed by atoms with Gasteiger partial charge in [-0.15, -0.1) is 0 Å². The topological polar surface area (TPSA) is 21.3 Å². The summed E-state index contributed by atoms with van der Waals surface area (Å²) in [6.07, 6.45) is -7.61. The zero-order chi connectivity index (χ0) is 20.4. The van der Waals surface area contributed by atoms with Gasteiger partial charge in [-0.2, -0.15) is 26.3 Å². The Morgan fingerprint density at radius 2 is 1.57 bits per heavy atom. The van der Waals surface area contributed by atoms with Crippen LogP contribution in [0.15, 0.2) is 42.5 Å². The van der Waals surface area contributed by atoms with Crippen LogP contribution >= 0.6 is 0 Å². The highest BCUT2D eigenvalue weighted by Gasteiger charge is 2.37. The lowest BCUT2D eigenvalue weighted by molar-refractivity contribution is -0.143. The average molecular weight is 403 g/mol. The zero-order valence-corrected chi connectivity index (χ0v) is 14.8. The van der Waals surface area contributed by atoms with Crippen LogP contribution in [-0.4, -0.2) is 19.3 Å². The molecule has 152 valence electrons. The van der Waals surface area contributed by atoms with Crippen molar-refractivity contribution in [2.24, 2.45) is 0 Å². The fraction of sp³-hybridized carbons (Fsp3) is 0.400. The molecule has 1 aliphatic heterocycles. The number of hydrogen-bond donors (Lipinski definition) is 1.